The lowest BCUT2D eigenvalue weighted by Gasteiger charge is -2.22. The van der Waals surface area contributed by atoms with Gasteiger partial charge in [0, 0.05) is 23.5 Å². The maximum Gasteiger partial charge on any atom is 0.310 e. The summed E-state index contributed by atoms with van der Waals surface area (Å²) in [6.07, 6.45) is -1.01. The number of benzene rings is 2. The molecule has 0 amide bonds. The lowest BCUT2D eigenvalue weighted by molar-refractivity contribution is -0.138. The Morgan fingerprint density at radius 1 is 1.21 bits per heavy atom. The monoisotopic (exact) mass is 417 g/mol. The lowest BCUT2D eigenvalue weighted by Crippen LogP contribution is -2.43. The third-order valence-electron chi connectivity index (χ3n) is 5.73. The van der Waals surface area contributed by atoms with Gasteiger partial charge in [-0.3, -0.25) is 4.79 Å². The van der Waals surface area contributed by atoms with Crippen molar-refractivity contribution in [2.24, 2.45) is 0 Å². The van der Waals surface area contributed by atoms with Crippen LogP contribution in [0.4, 0.5) is 0 Å². The van der Waals surface area contributed by atoms with E-state index < -0.39 is 40.2 Å². The van der Waals surface area contributed by atoms with Crippen LogP contribution in [0, 0.1) is 0 Å². The van der Waals surface area contributed by atoms with E-state index in [2.05, 4.69) is 4.72 Å². The van der Waals surface area contributed by atoms with Crippen LogP contribution in [0.3, 0.4) is 0 Å². The summed E-state index contributed by atoms with van der Waals surface area (Å²) in [5, 5.41) is 19.9. The minimum absolute atomic E-state index is 0.182. The van der Waals surface area contributed by atoms with Crippen LogP contribution in [0.5, 0.6) is 5.75 Å². The highest BCUT2D eigenvalue weighted by molar-refractivity contribution is 7.88. The summed E-state index contributed by atoms with van der Waals surface area (Å²) in [5.74, 6) is -1.76. The first-order valence-corrected chi connectivity index (χ1v) is 11.2. The Labute approximate surface area is 169 Å². The summed E-state index contributed by atoms with van der Waals surface area (Å²) in [6.45, 7) is 1.59. The predicted molar refractivity (Wildman–Crippen MR) is 106 cm³/mol. The van der Waals surface area contributed by atoms with Crippen molar-refractivity contribution in [1.82, 2.24) is 4.72 Å². The van der Waals surface area contributed by atoms with Gasteiger partial charge in [0.05, 0.1) is 23.8 Å². The molecule has 0 radical (unpaired) electrons. The van der Waals surface area contributed by atoms with Gasteiger partial charge in [-0.15, -0.1) is 0 Å². The largest absolute Gasteiger partial charge is 0.489 e. The molecule has 29 heavy (non-hydrogen) atoms. The van der Waals surface area contributed by atoms with Gasteiger partial charge in [-0.2, -0.15) is 0 Å². The Bertz CT molecular complexity index is 1020. The molecule has 5 unspecified atom stereocenters. The molecule has 0 aromatic heterocycles. The minimum atomic E-state index is -3.69. The number of carbonyl (C=O) groups is 1. The van der Waals surface area contributed by atoms with E-state index in [4.69, 9.17) is 4.74 Å². The molecule has 4 rings (SSSR count). The number of fused-ring (bicyclic) bond motifs is 3. The number of aliphatic carboxylic acids is 1. The van der Waals surface area contributed by atoms with Crippen molar-refractivity contribution >= 4 is 16.0 Å². The summed E-state index contributed by atoms with van der Waals surface area (Å²) in [4.78, 5) is 11.4. The quantitative estimate of drug-likeness (QED) is 0.662. The first kappa shape index (κ1) is 19.9. The van der Waals surface area contributed by atoms with Crippen LogP contribution in [0.1, 0.15) is 41.9 Å². The van der Waals surface area contributed by atoms with Gasteiger partial charge in [0.15, 0.2) is 0 Å². The number of carboxylic acids is 1. The van der Waals surface area contributed by atoms with Gasteiger partial charge in [0.2, 0.25) is 10.0 Å². The molecule has 1 aliphatic carbocycles. The highest BCUT2D eigenvalue weighted by Crippen LogP contribution is 2.50. The average molecular weight is 417 g/mol. The zero-order valence-electron chi connectivity index (χ0n) is 15.9. The highest BCUT2D eigenvalue weighted by Gasteiger charge is 2.51. The Hall–Kier alpha value is -2.42. The number of nitrogens with one attached hydrogen (secondary N) is 1. The van der Waals surface area contributed by atoms with Gasteiger partial charge < -0.3 is 14.9 Å². The van der Waals surface area contributed by atoms with Gasteiger partial charge in [-0.05, 0) is 12.5 Å². The molecule has 0 saturated heterocycles. The van der Waals surface area contributed by atoms with Gasteiger partial charge in [-0.1, -0.05) is 48.5 Å². The molecule has 1 heterocycles. The molecule has 1 aliphatic heterocycles. The van der Waals surface area contributed by atoms with E-state index >= 15 is 0 Å². The fraction of sp³-hybridized carbons (Fsp3) is 0.381. The van der Waals surface area contributed by atoms with Crippen LogP contribution in [-0.4, -0.2) is 42.8 Å². The molecule has 5 atom stereocenters. The highest BCUT2D eigenvalue weighted by atomic mass is 32.2. The van der Waals surface area contributed by atoms with Crippen molar-refractivity contribution in [2.75, 3.05) is 0 Å². The number of hydrogen-bond donors (Lipinski definition) is 3. The Balaban J connectivity index is 1.62. The third-order valence-corrected chi connectivity index (χ3v) is 7.08. The van der Waals surface area contributed by atoms with Crippen LogP contribution in [0.25, 0.3) is 0 Å². The van der Waals surface area contributed by atoms with Gasteiger partial charge >= 0.3 is 5.97 Å². The molecular formula is C21H23NO6S. The number of aliphatic hydroxyl groups is 1. The molecule has 0 spiro atoms. The molecule has 7 nitrogen and oxygen atoms in total. The fourth-order valence-electron chi connectivity index (χ4n) is 4.31. The maximum absolute atomic E-state index is 12.7. The molecular weight excluding hydrogens is 394 g/mol. The molecule has 2 aromatic carbocycles. The number of rotatable bonds is 6. The second-order valence-corrected chi connectivity index (χ2v) is 9.45. The van der Waals surface area contributed by atoms with Crippen molar-refractivity contribution in [1.29, 1.82) is 0 Å². The first-order valence-electron chi connectivity index (χ1n) is 9.51. The zero-order valence-corrected chi connectivity index (χ0v) is 16.7. The lowest BCUT2D eigenvalue weighted by atomic mass is 9.90. The van der Waals surface area contributed by atoms with Crippen LogP contribution in [0.2, 0.25) is 0 Å². The normalized spacial score (nSPS) is 26.4. The van der Waals surface area contributed by atoms with E-state index in [-0.39, 0.29) is 18.1 Å². The van der Waals surface area contributed by atoms with Crippen molar-refractivity contribution in [3.05, 3.63) is 65.2 Å². The van der Waals surface area contributed by atoms with Crippen molar-refractivity contribution in [2.45, 2.75) is 49.2 Å². The van der Waals surface area contributed by atoms with Crippen LogP contribution in [0.15, 0.2) is 48.5 Å². The van der Waals surface area contributed by atoms with Crippen LogP contribution in [-0.2, 0) is 20.6 Å². The minimum Gasteiger partial charge on any atom is -0.489 e. The van der Waals surface area contributed by atoms with E-state index in [1.54, 1.807) is 43.3 Å². The Kier molecular flexibility index (Phi) is 5.10. The van der Waals surface area contributed by atoms with E-state index in [0.717, 1.165) is 5.56 Å². The SMILES string of the molecule is CC(C(=O)O)c1cccc2c1OC1CC(O)C(NS(=O)(=O)Cc3ccccc3)C21. The molecule has 3 N–H and O–H groups in total. The van der Waals surface area contributed by atoms with Crippen molar-refractivity contribution < 1.29 is 28.2 Å². The van der Waals surface area contributed by atoms with Crippen LogP contribution >= 0.6 is 0 Å². The topological polar surface area (TPSA) is 113 Å². The fourth-order valence-corrected chi connectivity index (χ4v) is 5.74. The third kappa shape index (κ3) is 3.75. The van der Waals surface area contributed by atoms with E-state index in [1.165, 1.54) is 0 Å². The summed E-state index contributed by atoms with van der Waals surface area (Å²) in [6, 6.07) is 13.4. The molecule has 1 saturated carbocycles. The van der Waals surface area contributed by atoms with E-state index in [9.17, 15) is 23.4 Å². The summed E-state index contributed by atoms with van der Waals surface area (Å²) in [7, 11) is -3.69. The predicted octanol–water partition coefficient (Wildman–Crippen LogP) is 1.97. The average Bonchev–Trinajstić information content (AvgIpc) is 3.17. The molecule has 2 aliphatic rings. The van der Waals surface area contributed by atoms with Gasteiger partial charge in [0.1, 0.15) is 11.9 Å². The number of ether oxygens (including phenoxy) is 1. The number of aliphatic hydroxyl groups excluding tert-OH is 1. The number of sulfonamides is 1. The number of hydrogen-bond acceptors (Lipinski definition) is 5. The molecule has 0 bridgehead atoms. The second kappa shape index (κ2) is 7.44. The van der Waals surface area contributed by atoms with E-state index in [1.807, 2.05) is 12.1 Å². The van der Waals surface area contributed by atoms with E-state index in [0.29, 0.717) is 16.9 Å². The molecule has 2 aromatic rings. The van der Waals surface area contributed by atoms with Crippen LogP contribution < -0.4 is 9.46 Å². The molecule has 1 fully saturated rings. The number of para-hydroxylation sites is 1. The first-order chi connectivity index (χ1) is 13.8. The molecule has 154 valence electrons. The van der Waals surface area contributed by atoms with Crippen molar-refractivity contribution in [3.63, 3.8) is 0 Å². The summed E-state index contributed by atoms with van der Waals surface area (Å²) >= 11 is 0. The number of carboxylic acid groups (broad SMARTS) is 1. The Morgan fingerprint density at radius 2 is 1.93 bits per heavy atom. The smallest absolute Gasteiger partial charge is 0.310 e. The standard InChI is InChI=1S/C21H23NO6S/c1-12(21(24)25)14-8-5-9-15-18-17(28-20(14)15)10-16(23)19(18)22-29(26,27)11-13-6-3-2-4-7-13/h2-9,12,16-19,22-23H,10-11H2,1H3,(H,24,25). The zero-order chi connectivity index (χ0) is 20.8. The second-order valence-electron chi connectivity index (χ2n) is 7.70. The summed E-state index contributed by atoms with van der Waals surface area (Å²) < 4.78 is 34.1. The Morgan fingerprint density at radius 3 is 2.62 bits per heavy atom. The van der Waals surface area contributed by atoms with Gasteiger partial charge in [0.25, 0.3) is 0 Å². The summed E-state index contributed by atoms with van der Waals surface area (Å²) in [5.41, 5.74) is 1.96. The molecule has 8 heteroatoms. The maximum atomic E-state index is 12.7. The van der Waals surface area contributed by atoms with Crippen molar-refractivity contribution in [3.8, 4) is 5.75 Å². The van der Waals surface area contributed by atoms with Gasteiger partial charge in [-0.25, -0.2) is 13.1 Å².